The molecule has 1 amide bonds. The van der Waals surface area contributed by atoms with Crippen LogP contribution in [0, 0.1) is 12.8 Å². The van der Waals surface area contributed by atoms with Crippen LogP contribution in [0.5, 0.6) is 5.75 Å². The second-order valence-corrected chi connectivity index (χ2v) is 4.87. The molecule has 4 heteroatoms. The third-order valence-electron chi connectivity index (χ3n) is 2.84. The first-order chi connectivity index (χ1) is 8.41. The molecule has 1 aromatic rings. The Kier molecular flexibility index (Phi) is 5.16. The molecular weight excluding hydrogens is 230 g/mol. The number of rotatable bonds is 5. The molecule has 1 aromatic carbocycles. The van der Waals surface area contributed by atoms with Gasteiger partial charge in [-0.25, -0.2) is 0 Å². The number of aliphatic hydroxyl groups excluding tert-OH is 1. The monoisotopic (exact) mass is 251 g/mol. The quantitative estimate of drug-likeness (QED) is 0.748. The highest BCUT2D eigenvalue weighted by atomic mass is 16.3. The average molecular weight is 251 g/mol. The highest BCUT2D eigenvalue weighted by molar-refractivity contribution is 5.97. The number of phenolic OH excluding ortho intramolecular Hbond substituents is 1. The van der Waals surface area contributed by atoms with E-state index in [1.54, 1.807) is 32.0 Å². The van der Waals surface area contributed by atoms with Gasteiger partial charge in [0.15, 0.2) is 0 Å². The Morgan fingerprint density at radius 3 is 2.67 bits per heavy atom. The molecule has 0 fully saturated rings. The SMILES string of the molecule is Cc1cccc(C(=O)NCC(C)CC(C)O)c1O. The molecule has 100 valence electrons. The minimum atomic E-state index is -0.371. The lowest BCUT2D eigenvalue weighted by Crippen LogP contribution is -2.29. The Hall–Kier alpha value is -1.55. The standard InChI is InChI=1S/C14H21NO3/c1-9(7-11(3)16)8-15-14(18)12-6-4-5-10(2)13(12)17/h4-6,9,11,16-17H,7-8H2,1-3H3,(H,15,18). The highest BCUT2D eigenvalue weighted by Crippen LogP contribution is 2.21. The molecule has 0 aliphatic carbocycles. The number of hydrogen-bond donors (Lipinski definition) is 3. The van der Waals surface area contributed by atoms with Crippen molar-refractivity contribution in [3.05, 3.63) is 29.3 Å². The minimum absolute atomic E-state index is 0.0261. The van der Waals surface area contributed by atoms with E-state index in [-0.39, 0.29) is 23.7 Å². The zero-order valence-electron chi connectivity index (χ0n) is 11.1. The number of phenols is 1. The van der Waals surface area contributed by atoms with Gasteiger partial charge in [-0.1, -0.05) is 19.1 Å². The van der Waals surface area contributed by atoms with E-state index in [0.717, 1.165) is 0 Å². The van der Waals surface area contributed by atoms with E-state index >= 15 is 0 Å². The molecule has 18 heavy (non-hydrogen) atoms. The second-order valence-electron chi connectivity index (χ2n) is 4.87. The van der Waals surface area contributed by atoms with Crippen LogP contribution in [0.2, 0.25) is 0 Å². The summed E-state index contributed by atoms with van der Waals surface area (Å²) in [6.45, 7) is 5.92. The number of amides is 1. The van der Waals surface area contributed by atoms with Crippen LogP contribution in [0.25, 0.3) is 0 Å². The molecule has 4 nitrogen and oxygen atoms in total. The molecule has 3 N–H and O–H groups in total. The van der Waals surface area contributed by atoms with Crippen LogP contribution in [-0.2, 0) is 0 Å². The Morgan fingerprint density at radius 1 is 1.39 bits per heavy atom. The molecule has 0 heterocycles. The maximum Gasteiger partial charge on any atom is 0.255 e. The van der Waals surface area contributed by atoms with E-state index in [1.165, 1.54) is 0 Å². The third kappa shape index (κ3) is 4.04. The third-order valence-corrected chi connectivity index (χ3v) is 2.84. The number of nitrogens with one attached hydrogen (secondary N) is 1. The first kappa shape index (κ1) is 14.5. The lowest BCUT2D eigenvalue weighted by Gasteiger charge is -2.14. The summed E-state index contributed by atoms with van der Waals surface area (Å²) in [6.07, 6.45) is 0.268. The van der Waals surface area contributed by atoms with Crippen LogP contribution in [0.15, 0.2) is 18.2 Å². The lowest BCUT2D eigenvalue weighted by molar-refractivity contribution is 0.0936. The number of carbonyl (C=O) groups excluding carboxylic acids is 1. The van der Waals surface area contributed by atoms with E-state index < -0.39 is 0 Å². The van der Waals surface area contributed by atoms with Crippen molar-refractivity contribution in [2.24, 2.45) is 5.92 Å². The second kappa shape index (κ2) is 6.40. The van der Waals surface area contributed by atoms with E-state index in [1.807, 2.05) is 6.92 Å². The van der Waals surface area contributed by atoms with Crippen molar-refractivity contribution >= 4 is 5.91 Å². The number of para-hydroxylation sites is 1. The predicted molar refractivity (Wildman–Crippen MR) is 70.6 cm³/mol. The number of carbonyl (C=O) groups is 1. The van der Waals surface area contributed by atoms with Crippen molar-refractivity contribution in [3.8, 4) is 5.75 Å². The molecule has 0 bridgehead atoms. The molecule has 0 aliphatic heterocycles. The van der Waals surface area contributed by atoms with Gasteiger partial charge in [-0.05, 0) is 37.8 Å². The van der Waals surface area contributed by atoms with E-state index in [4.69, 9.17) is 0 Å². The Balaban J connectivity index is 2.58. The first-order valence-electron chi connectivity index (χ1n) is 6.16. The van der Waals surface area contributed by atoms with Crippen molar-refractivity contribution in [2.75, 3.05) is 6.54 Å². The van der Waals surface area contributed by atoms with Crippen LogP contribution in [0.3, 0.4) is 0 Å². The van der Waals surface area contributed by atoms with Gasteiger partial charge in [0, 0.05) is 6.54 Å². The number of aromatic hydroxyl groups is 1. The average Bonchev–Trinajstić information content (AvgIpc) is 2.29. The van der Waals surface area contributed by atoms with Crippen LogP contribution >= 0.6 is 0 Å². The zero-order valence-corrected chi connectivity index (χ0v) is 11.1. The maximum absolute atomic E-state index is 11.9. The molecule has 0 saturated heterocycles. The first-order valence-corrected chi connectivity index (χ1v) is 6.16. The summed E-state index contributed by atoms with van der Waals surface area (Å²) >= 11 is 0. The van der Waals surface area contributed by atoms with Gasteiger partial charge in [-0.2, -0.15) is 0 Å². The number of aliphatic hydroxyl groups is 1. The van der Waals surface area contributed by atoms with Crippen molar-refractivity contribution in [1.82, 2.24) is 5.32 Å². The van der Waals surface area contributed by atoms with Crippen molar-refractivity contribution in [1.29, 1.82) is 0 Å². The Bertz CT molecular complexity index is 416. The molecule has 0 spiro atoms. The van der Waals surface area contributed by atoms with Crippen molar-refractivity contribution in [2.45, 2.75) is 33.3 Å². The number of benzene rings is 1. The molecule has 0 aromatic heterocycles. The van der Waals surface area contributed by atoms with Gasteiger partial charge in [0.2, 0.25) is 0 Å². The van der Waals surface area contributed by atoms with E-state index in [2.05, 4.69) is 5.32 Å². The predicted octanol–water partition coefficient (Wildman–Crippen LogP) is 1.84. The molecule has 0 radical (unpaired) electrons. The summed E-state index contributed by atoms with van der Waals surface area (Å²) in [7, 11) is 0. The summed E-state index contributed by atoms with van der Waals surface area (Å²) < 4.78 is 0. The zero-order chi connectivity index (χ0) is 13.7. The summed E-state index contributed by atoms with van der Waals surface area (Å²) in [5.74, 6) is -0.0623. The van der Waals surface area contributed by atoms with Crippen LogP contribution in [0.1, 0.15) is 36.2 Å². The van der Waals surface area contributed by atoms with Crippen molar-refractivity contribution < 1.29 is 15.0 Å². The topological polar surface area (TPSA) is 69.6 Å². The van der Waals surface area contributed by atoms with Crippen LogP contribution in [-0.4, -0.2) is 28.8 Å². The number of aryl methyl sites for hydroxylation is 1. The van der Waals surface area contributed by atoms with Gasteiger partial charge in [0.05, 0.1) is 11.7 Å². The minimum Gasteiger partial charge on any atom is -0.507 e. The summed E-state index contributed by atoms with van der Waals surface area (Å²) in [5.41, 5.74) is 0.971. The summed E-state index contributed by atoms with van der Waals surface area (Å²) in [4.78, 5) is 11.9. The Morgan fingerprint density at radius 2 is 2.06 bits per heavy atom. The fourth-order valence-electron chi connectivity index (χ4n) is 1.87. The number of hydrogen-bond acceptors (Lipinski definition) is 3. The largest absolute Gasteiger partial charge is 0.507 e. The highest BCUT2D eigenvalue weighted by Gasteiger charge is 2.13. The van der Waals surface area contributed by atoms with Crippen molar-refractivity contribution in [3.63, 3.8) is 0 Å². The smallest absolute Gasteiger partial charge is 0.255 e. The molecule has 2 atom stereocenters. The Labute approximate surface area is 108 Å². The normalized spacial score (nSPS) is 14.0. The fraction of sp³-hybridized carbons (Fsp3) is 0.500. The molecule has 0 aliphatic rings. The van der Waals surface area contributed by atoms with E-state index in [0.29, 0.717) is 24.1 Å². The van der Waals surface area contributed by atoms with Gasteiger partial charge in [-0.3, -0.25) is 4.79 Å². The van der Waals surface area contributed by atoms with Crippen LogP contribution in [0.4, 0.5) is 0 Å². The molecule has 2 unspecified atom stereocenters. The summed E-state index contributed by atoms with van der Waals surface area (Å²) in [5, 5.41) is 21.8. The lowest BCUT2D eigenvalue weighted by atomic mass is 10.0. The molecule has 0 saturated carbocycles. The summed E-state index contributed by atoms with van der Waals surface area (Å²) in [6, 6.07) is 5.09. The van der Waals surface area contributed by atoms with Gasteiger partial charge >= 0.3 is 0 Å². The van der Waals surface area contributed by atoms with Gasteiger partial charge in [-0.15, -0.1) is 0 Å². The fourth-order valence-corrected chi connectivity index (χ4v) is 1.87. The molecular formula is C14H21NO3. The van der Waals surface area contributed by atoms with Gasteiger partial charge < -0.3 is 15.5 Å². The van der Waals surface area contributed by atoms with Gasteiger partial charge in [0.25, 0.3) is 5.91 Å². The molecule has 1 rings (SSSR count). The maximum atomic E-state index is 11.9. The van der Waals surface area contributed by atoms with Crippen LogP contribution < -0.4 is 5.32 Å². The van der Waals surface area contributed by atoms with E-state index in [9.17, 15) is 15.0 Å². The van der Waals surface area contributed by atoms with Gasteiger partial charge in [0.1, 0.15) is 5.75 Å².